The van der Waals surface area contributed by atoms with E-state index in [4.69, 9.17) is 10.5 Å². The normalized spacial score (nSPS) is 18.4. The molecule has 0 spiro atoms. The number of nitrogens with two attached hydrogens (primary N) is 1. The molecule has 4 rings (SSSR count). The quantitative estimate of drug-likeness (QED) is 0.453. The number of carbonyl (C=O) groups is 1. The van der Waals surface area contributed by atoms with Gasteiger partial charge in [0.15, 0.2) is 0 Å². The number of aromatic amines is 1. The Labute approximate surface area is 204 Å². The Morgan fingerprint density at radius 2 is 2.11 bits per heavy atom. The van der Waals surface area contributed by atoms with Crippen LogP contribution in [0.15, 0.2) is 53.7 Å². The number of anilines is 1. The summed E-state index contributed by atoms with van der Waals surface area (Å²) in [5, 5.41) is 2.67. The summed E-state index contributed by atoms with van der Waals surface area (Å²) in [5.41, 5.74) is 5.63. The number of rotatable bonds is 7. The summed E-state index contributed by atoms with van der Waals surface area (Å²) in [4.78, 5) is 36.7. The Bertz CT molecular complexity index is 1270. The van der Waals surface area contributed by atoms with E-state index in [9.17, 15) is 22.8 Å². The molecule has 12 heteroatoms. The molecule has 3 aromatic rings. The van der Waals surface area contributed by atoms with Gasteiger partial charge >= 0.3 is 0 Å². The Balaban J connectivity index is 1.40. The van der Waals surface area contributed by atoms with E-state index >= 15 is 0 Å². The second-order valence-corrected chi connectivity index (χ2v) is 8.51. The van der Waals surface area contributed by atoms with Crippen LogP contribution in [-0.2, 0) is 11.3 Å². The molecule has 36 heavy (non-hydrogen) atoms. The topological polar surface area (TPSA) is 126 Å². The molecule has 9 nitrogen and oxygen atoms in total. The van der Waals surface area contributed by atoms with Gasteiger partial charge in [0.05, 0.1) is 24.4 Å². The van der Waals surface area contributed by atoms with Crippen LogP contribution in [0.1, 0.15) is 30.4 Å². The first-order valence-electron chi connectivity index (χ1n) is 11.3. The third-order valence-electron chi connectivity index (χ3n) is 6.12. The standard InChI is InChI=1S/C24H25F3N6O3/c1-14(22(34)32-20-4-3-18(12-29-20)36-21-5-2-17(25)11-30-21)33-7-6-24(26,27)19(13-33)16-8-15(9-28)23(35)31-10-16/h2-5,8,10-12,14,19H,6-7,9,13,28H2,1H3,(H,31,35)(H,29,32,34)/t14-,19+/m0/s1. The average Bonchev–Trinajstić information content (AvgIpc) is 2.86. The summed E-state index contributed by atoms with van der Waals surface area (Å²) in [6.07, 6.45) is 3.24. The zero-order valence-electron chi connectivity index (χ0n) is 19.4. The van der Waals surface area contributed by atoms with Crippen molar-refractivity contribution in [2.45, 2.75) is 37.8 Å². The zero-order valence-corrected chi connectivity index (χ0v) is 19.4. The molecule has 0 unspecified atom stereocenters. The molecule has 4 heterocycles. The molecule has 2 atom stereocenters. The molecule has 0 radical (unpaired) electrons. The number of aromatic nitrogens is 3. The van der Waals surface area contributed by atoms with Crippen molar-refractivity contribution in [2.24, 2.45) is 5.73 Å². The highest BCUT2D eigenvalue weighted by molar-refractivity contribution is 5.93. The maximum atomic E-state index is 14.8. The fraction of sp³-hybridized carbons (Fsp3) is 0.333. The molecule has 1 saturated heterocycles. The van der Waals surface area contributed by atoms with E-state index in [-0.39, 0.29) is 42.5 Å². The number of pyridine rings is 3. The van der Waals surface area contributed by atoms with Gasteiger partial charge in [0.1, 0.15) is 17.4 Å². The van der Waals surface area contributed by atoms with E-state index in [1.54, 1.807) is 17.9 Å². The maximum absolute atomic E-state index is 14.8. The number of likely N-dealkylation sites (tertiary alicyclic amines) is 1. The highest BCUT2D eigenvalue weighted by Gasteiger charge is 2.46. The molecule has 0 aromatic carbocycles. The van der Waals surface area contributed by atoms with Crippen molar-refractivity contribution >= 4 is 11.7 Å². The Hall–Kier alpha value is -3.77. The summed E-state index contributed by atoms with van der Waals surface area (Å²) in [5.74, 6) is -4.36. The zero-order chi connectivity index (χ0) is 25.9. The number of hydrogen-bond acceptors (Lipinski definition) is 7. The van der Waals surface area contributed by atoms with Gasteiger partial charge in [-0.2, -0.15) is 0 Å². The highest BCUT2D eigenvalue weighted by atomic mass is 19.3. The lowest BCUT2D eigenvalue weighted by Crippen LogP contribution is -2.52. The van der Waals surface area contributed by atoms with Crippen LogP contribution in [0.2, 0.25) is 0 Å². The smallest absolute Gasteiger partial charge is 0.257 e. The van der Waals surface area contributed by atoms with Gasteiger partial charge in [0.2, 0.25) is 11.8 Å². The van der Waals surface area contributed by atoms with Crippen molar-refractivity contribution in [3.05, 3.63) is 76.2 Å². The monoisotopic (exact) mass is 502 g/mol. The Morgan fingerprint density at radius 1 is 1.31 bits per heavy atom. The van der Waals surface area contributed by atoms with E-state index in [1.165, 1.54) is 36.7 Å². The summed E-state index contributed by atoms with van der Waals surface area (Å²) in [7, 11) is 0. The largest absolute Gasteiger partial charge is 0.437 e. The second-order valence-electron chi connectivity index (χ2n) is 8.51. The van der Waals surface area contributed by atoms with E-state index in [1.807, 2.05) is 0 Å². The van der Waals surface area contributed by atoms with Crippen molar-refractivity contribution in [1.82, 2.24) is 19.9 Å². The van der Waals surface area contributed by atoms with E-state index in [0.29, 0.717) is 5.75 Å². The Morgan fingerprint density at radius 3 is 2.78 bits per heavy atom. The summed E-state index contributed by atoms with van der Waals surface area (Å²) in [6.45, 7) is 1.51. The molecule has 4 N–H and O–H groups in total. The van der Waals surface area contributed by atoms with Crippen LogP contribution in [0.4, 0.5) is 19.0 Å². The van der Waals surface area contributed by atoms with Gasteiger partial charge < -0.3 is 20.8 Å². The number of ether oxygens (including phenoxy) is 1. The van der Waals surface area contributed by atoms with Gasteiger partial charge in [0, 0.05) is 43.9 Å². The molecule has 1 amide bonds. The van der Waals surface area contributed by atoms with Gasteiger partial charge in [-0.15, -0.1) is 0 Å². The molecule has 1 aliphatic rings. The van der Waals surface area contributed by atoms with Crippen LogP contribution in [0.25, 0.3) is 0 Å². The number of piperidine rings is 1. The SMILES string of the molecule is C[C@@H](C(=O)Nc1ccc(Oc2ccc(F)cn2)cn1)N1CCC(F)(F)[C@@H](c2c[nH]c(=O)c(CN)c2)C1. The van der Waals surface area contributed by atoms with Crippen LogP contribution in [0.3, 0.4) is 0 Å². The highest BCUT2D eigenvalue weighted by Crippen LogP contribution is 2.40. The molecule has 190 valence electrons. The van der Waals surface area contributed by atoms with Crippen LogP contribution >= 0.6 is 0 Å². The number of carbonyl (C=O) groups excluding carboxylic acids is 1. The molecule has 3 aromatic heterocycles. The van der Waals surface area contributed by atoms with Crippen molar-refractivity contribution in [3.8, 4) is 11.6 Å². The van der Waals surface area contributed by atoms with Gasteiger partial charge in [-0.3, -0.25) is 14.5 Å². The van der Waals surface area contributed by atoms with Crippen LogP contribution in [0.5, 0.6) is 11.6 Å². The Kier molecular flexibility index (Phi) is 7.36. The minimum absolute atomic E-state index is 0.0239. The molecule has 0 saturated carbocycles. The number of hydrogen-bond donors (Lipinski definition) is 3. The van der Waals surface area contributed by atoms with Crippen molar-refractivity contribution < 1.29 is 22.7 Å². The second kappa shape index (κ2) is 10.5. The number of alkyl halides is 2. The predicted molar refractivity (Wildman–Crippen MR) is 125 cm³/mol. The van der Waals surface area contributed by atoms with Crippen LogP contribution < -0.4 is 21.3 Å². The summed E-state index contributed by atoms with van der Waals surface area (Å²) >= 11 is 0. The fourth-order valence-corrected chi connectivity index (χ4v) is 3.98. The van der Waals surface area contributed by atoms with Crippen molar-refractivity contribution in [1.29, 1.82) is 0 Å². The minimum atomic E-state index is -3.01. The fourth-order valence-electron chi connectivity index (χ4n) is 3.98. The molecule has 0 aliphatic carbocycles. The predicted octanol–water partition coefficient (Wildman–Crippen LogP) is 3.01. The average molecular weight is 502 g/mol. The summed E-state index contributed by atoms with van der Waals surface area (Å²) in [6, 6.07) is 6.33. The van der Waals surface area contributed by atoms with Crippen LogP contribution in [-0.4, -0.2) is 50.8 Å². The number of amides is 1. The third-order valence-corrected chi connectivity index (χ3v) is 6.12. The van der Waals surface area contributed by atoms with Crippen LogP contribution in [0, 0.1) is 5.82 Å². The van der Waals surface area contributed by atoms with Gasteiger partial charge in [-0.1, -0.05) is 0 Å². The van der Waals surface area contributed by atoms with E-state index < -0.39 is 41.6 Å². The number of H-pyrrole nitrogens is 1. The first-order chi connectivity index (χ1) is 17.2. The van der Waals surface area contributed by atoms with Crippen molar-refractivity contribution in [3.63, 3.8) is 0 Å². The molecule has 1 fully saturated rings. The van der Waals surface area contributed by atoms with Crippen molar-refractivity contribution in [2.75, 3.05) is 18.4 Å². The lowest BCUT2D eigenvalue weighted by Gasteiger charge is -2.40. The number of nitrogens with one attached hydrogen (secondary N) is 2. The molecular weight excluding hydrogens is 477 g/mol. The third kappa shape index (κ3) is 5.71. The summed E-state index contributed by atoms with van der Waals surface area (Å²) < 4.78 is 48.0. The van der Waals surface area contributed by atoms with E-state index in [0.717, 1.165) is 6.20 Å². The maximum Gasteiger partial charge on any atom is 0.257 e. The number of halogens is 3. The first kappa shape index (κ1) is 25.3. The van der Waals surface area contributed by atoms with Gasteiger partial charge in [-0.25, -0.2) is 23.1 Å². The molecule has 0 bridgehead atoms. The lowest BCUT2D eigenvalue weighted by molar-refractivity contribution is -0.125. The van der Waals surface area contributed by atoms with Gasteiger partial charge in [-0.05, 0) is 36.8 Å². The first-order valence-corrected chi connectivity index (χ1v) is 11.3. The lowest BCUT2D eigenvalue weighted by atomic mass is 9.86. The van der Waals surface area contributed by atoms with Gasteiger partial charge in [0.25, 0.3) is 11.5 Å². The van der Waals surface area contributed by atoms with E-state index in [2.05, 4.69) is 20.3 Å². The molecular formula is C24H25F3N6O3. The minimum Gasteiger partial charge on any atom is -0.437 e. The number of nitrogens with zero attached hydrogens (tertiary/aromatic N) is 3. The molecule has 1 aliphatic heterocycles.